The molecule has 0 saturated heterocycles. The van der Waals surface area contributed by atoms with E-state index in [0.717, 1.165) is 15.6 Å². The molecule has 0 aliphatic rings. The standard InChI is InChI=1S/C11H12BrN3O/c1-7(2)5-15-11(16)14-6-9(12)8(3)4-10(14)13-15/h4,6H,1,5H2,2-3H3. The van der Waals surface area contributed by atoms with Gasteiger partial charge in [0.2, 0.25) is 0 Å². The summed E-state index contributed by atoms with van der Waals surface area (Å²) in [5.41, 5.74) is 2.48. The Morgan fingerprint density at radius 1 is 1.62 bits per heavy atom. The van der Waals surface area contributed by atoms with Crippen molar-refractivity contribution in [2.75, 3.05) is 0 Å². The van der Waals surface area contributed by atoms with Gasteiger partial charge in [0, 0.05) is 10.7 Å². The Labute approximate surface area is 101 Å². The van der Waals surface area contributed by atoms with Gasteiger partial charge >= 0.3 is 5.69 Å². The van der Waals surface area contributed by atoms with Crippen LogP contribution in [-0.2, 0) is 6.54 Å². The number of hydrogen-bond donors (Lipinski definition) is 0. The van der Waals surface area contributed by atoms with Crippen LogP contribution in [0.3, 0.4) is 0 Å². The largest absolute Gasteiger partial charge is 0.350 e. The summed E-state index contributed by atoms with van der Waals surface area (Å²) in [6.07, 6.45) is 1.74. The highest BCUT2D eigenvalue weighted by molar-refractivity contribution is 9.10. The second kappa shape index (κ2) is 3.90. The molecular weight excluding hydrogens is 270 g/mol. The van der Waals surface area contributed by atoms with Gasteiger partial charge in [-0.1, -0.05) is 12.2 Å². The normalized spacial score (nSPS) is 10.9. The van der Waals surface area contributed by atoms with E-state index < -0.39 is 0 Å². The predicted molar refractivity (Wildman–Crippen MR) is 66.7 cm³/mol. The van der Waals surface area contributed by atoms with Gasteiger partial charge in [0.1, 0.15) is 0 Å². The van der Waals surface area contributed by atoms with Crippen LogP contribution in [0.2, 0.25) is 0 Å². The van der Waals surface area contributed by atoms with Crippen LogP contribution in [0.5, 0.6) is 0 Å². The monoisotopic (exact) mass is 281 g/mol. The van der Waals surface area contributed by atoms with Crippen molar-refractivity contribution in [3.05, 3.63) is 44.9 Å². The van der Waals surface area contributed by atoms with Crippen LogP contribution in [0, 0.1) is 6.92 Å². The van der Waals surface area contributed by atoms with Crippen molar-refractivity contribution in [1.29, 1.82) is 0 Å². The molecule has 16 heavy (non-hydrogen) atoms. The van der Waals surface area contributed by atoms with Gasteiger partial charge in [-0.3, -0.25) is 0 Å². The first kappa shape index (κ1) is 11.1. The molecule has 5 heteroatoms. The number of pyridine rings is 1. The lowest BCUT2D eigenvalue weighted by atomic mass is 10.3. The minimum atomic E-state index is -0.140. The molecule has 2 heterocycles. The number of rotatable bonds is 2. The second-order valence-electron chi connectivity index (χ2n) is 3.93. The van der Waals surface area contributed by atoms with E-state index in [1.807, 2.05) is 19.9 Å². The third kappa shape index (κ3) is 1.82. The predicted octanol–water partition coefficient (Wildman–Crippen LogP) is 2.14. The Bertz CT molecular complexity index is 624. The van der Waals surface area contributed by atoms with Crippen molar-refractivity contribution in [2.45, 2.75) is 20.4 Å². The number of fused-ring (bicyclic) bond motifs is 1. The first-order valence-corrected chi connectivity index (χ1v) is 5.68. The number of allylic oxidation sites excluding steroid dienone is 1. The zero-order valence-corrected chi connectivity index (χ0v) is 10.8. The van der Waals surface area contributed by atoms with Gasteiger partial charge in [0.05, 0.1) is 6.54 Å². The van der Waals surface area contributed by atoms with Crippen LogP contribution in [-0.4, -0.2) is 14.2 Å². The maximum Gasteiger partial charge on any atom is 0.350 e. The summed E-state index contributed by atoms with van der Waals surface area (Å²) in [7, 11) is 0. The molecule has 0 aliphatic carbocycles. The van der Waals surface area contributed by atoms with Crippen LogP contribution >= 0.6 is 15.9 Å². The van der Waals surface area contributed by atoms with Crippen molar-refractivity contribution in [3.8, 4) is 0 Å². The molecule has 0 bridgehead atoms. The lowest BCUT2D eigenvalue weighted by Crippen LogP contribution is -2.21. The summed E-state index contributed by atoms with van der Waals surface area (Å²) in [5.74, 6) is 0. The maximum atomic E-state index is 11.9. The topological polar surface area (TPSA) is 39.3 Å². The number of aromatic nitrogens is 3. The summed E-state index contributed by atoms with van der Waals surface area (Å²) in [4.78, 5) is 11.9. The molecule has 0 radical (unpaired) electrons. The van der Waals surface area contributed by atoms with E-state index in [9.17, 15) is 4.79 Å². The molecule has 0 saturated carbocycles. The van der Waals surface area contributed by atoms with Crippen LogP contribution in [0.1, 0.15) is 12.5 Å². The van der Waals surface area contributed by atoms with Gasteiger partial charge in [-0.15, -0.1) is 5.10 Å². The third-order valence-electron chi connectivity index (χ3n) is 2.28. The Morgan fingerprint density at radius 2 is 2.31 bits per heavy atom. The molecule has 2 aromatic rings. The van der Waals surface area contributed by atoms with Gasteiger partial charge in [0.15, 0.2) is 5.65 Å². The lowest BCUT2D eigenvalue weighted by Gasteiger charge is -1.96. The van der Waals surface area contributed by atoms with Gasteiger partial charge < -0.3 is 0 Å². The average molecular weight is 282 g/mol. The maximum absolute atomic E-state index is 11.9. The van der Waals surface area contributed by atoms with Gasteiger partial charge in [0.25, 0.3) is 0 Å². The highest BCUT2D eigenvalue weighted by atomic mass is 79.9. The fraction of sp³-hybridized carbons (Fsp3) is 0.273. The van der Waals surface area contributed by atoms with E-state index in [1.54, 1.807) is 6.20 Å². The average Bonchev–Trinajstić information content (AvgIpc) is 2.45. The highest BCUT2D eigenvalue weighted by Gasteiger charge is 2.08. The smallest absolute Gasteiger partial charge is 0.249 e. The van der Waals surface area contributed by atoms with E-state index in [-0.39, 0.29) is 5.69 Å². The first-order valence-electron chi connectivity index (χ1n) is 4.89. The summed E-state index contributed by atoms with van der Waals surface area (Å²) in [6.45, 7) is 8.07. The van der Waals surface area contributed by atoms with Gasteiger partial charge in [-0.2, -0.15) is 0 Å². The fourth-order valence-electron chi connectivity index (χ4n) is 1.49. The van der Waals surface area contributed by atoms with Crippen molar-refractivity contribution < 1.29 is 0 Å². The summed E-state index contributed by atoms with van der Waals surface area (Å²) >= 11 is 3.40. The molecule has 84 valence electrons. The molecule has 2 rings (SSSR count). The number of hydrogen-bond acceptors (Lipinski definition) is 2. The van der Waals surface area contributed by atoms with E-state index in [2.05, 4.69) is 27.6 Å². The molecule has 2 aromatic heterocycles. The molecule has 0 aromatic carbocycles. The minimum absolute atomic E-state index is 0.140. The van der Waals surface area contributed by atoms with Crippen LogP contribution in [0.25, 0.3) is 5.65 Å². The molecule has 0 amide bonds. The second-order valence-corrected chi connectivity index (χ2v) is 4.78. The molecular formula is C11H12BrN3O. The Hall–Kier alpha value is -1.36. The number of halogens is 1. The number of aryl methyl sites for hydroxylation is 1. The summed E-state index contributed by atoms with van der Waals surface area (Å²) in [6, 6.07) is 1.88. The quantitative estimate of drug-likeness (QED) is 0.792. The lowest BCUT2D eigenvalue weighted by molar-refractivity contribution is 0.651. The Kier molecular flexibility index (Phi) is 2.71. The molecule has 0 fully saturated rings. The number of nitrogens with zero attached hydrogens (tertiary/aromatic N) is 3. The Balaban J connectivity index is 2.68. The Morgan fingerprint density at radius 3 is 2.94 bits per heavy atom. The molecule has 0 atom stereocenters. The fourth-order valence-corrected chi connectivity index (χ4v) is 1.81. The summed E-state index contributed by atoms with van der Waals surface area (Å²) in [5, 5.41) is 4.24. The third-order valence-corrected chi connectivity index (χ3v) is 3.11. The molecule has 0 unspecified atom stereocenters. The van der Waals surface area contributed by atoms with Crippen LogP contribution < -0.4 is 5.69 Å². The van der Waals surface area contributed by atoms with Crippen molar-refractivity contribution in [1.82, 2.24) is 14.2 Å². The van der Waals surface area contributed by atoms with E-state index in [4.69, 9.17) is 0 Å². The van der Waals surface area contributed by atoms with Crippen molar-refractivity contribution >= 4 is 21.6 Å². The van der Waals surface area contributed by atoms with Crippen LogP contribution in [0.4, 0.5) is 0 Å². The van der Waals surface area contributed by atoms with Crippen molar-refractivity contribution in [3.63, 3.8) is 0 Å². The van der Waals surface area contributed by atoms with Crippen molar-refractivity contribution in [2.24, 2.45) is 0 Å². The molecule has 0 spiro atoms. The molecule has 0 N–H and O–H groups in total. The zero-order chi connectivity index (χ0) is 11.9. The molecule has 0 aliphatic heterocycles. The van der Waals surface area contributed by atoms with E-state index in [1.165, 1.54) is 9.08 Å². The van der Waals surface area contributed by atoms with Gasteiger partial charge in [-0.25, -0.2) is 13.9 Å². The SMILES string of the molecule is C=C(C)Cn1nc2cc(C)c(Br)cn2c1=O. The molecule has 4 nitrogen and oxygen atoms in total. The zero-order valence-electron chi connectivity index (χ0n) is 9.20. The van der Waals surface area contributed by atoms with Crippen LogP contribution in [0.15, 0.2) is 33.7 Å². The first-order chi connectivity index (χ1) is 7.49. The van der Waals surface area contributed by atoms with Gasteiger partial charge in [-0.05, 0) is 41.4 Å². The van der Waals surface area contributed by atoms with E-state index >= 15 is 0 Å². The summed E-state index contributed by atoms with van der Waals surface area (Å²) < 4.78 is 3.85. The van der Waals surface area contributed by atoms with E-state index in [0.29, 0.717) is 12.2 Å². The minimum Gasteiger partial charge on any atom is -0.249 e. The highest BCUT2D eigenvalue weighted by Crippen LogP contribution is 2.15.